The van der Waals surface area contributed by atoms with E-state index in [1.54, 1.807) is 0 Å². The lowest BCUT2D eigenvalue weighted by Gasteiger charge is -2.23. The van der Waals surface area contributed by atoms with Crippen LogP contribution in [0.15, 0.2) is 48.5 Å². The third kappa shape index (κ3) is 3.92. The highest BCUT2D eigenvalue weighted by Crippen LogP contribution is 2.29. The fourth-order valence-electron chi connectivity index (χ4n) is 2.71. The highest BCUT2D eigenvalue weighted by atomic mass is 16.5. The van der Waals surface area contributed by atoms with E-state index in [-0.39, 0.29) is 11.9 Å². The topological polar surface area (TPSA) is 29.5 Å². The summed E-state index contributed by atoms with van der Waals surface area (Å²) in [5, 5.41) is 0. The number of esters is 1. The molecule has 0 atom stereocenters. The molecule has 2 aromatic rings. The van der Waals surface area contributed by atoms with Gasteiger partial charge in [-0.1, -0.05) is 44.2 Å². The third-order valence-electron chi connectivity index (χ3n) is 3.97. The Bertz CT molecular complexity index is 660. The highest BCUT2D eigenvalue weighted by Gasteiger charge is 2.17. The van der Waals surface area contributed by atoms with E-state index in [1.165, 1.54) is 0 Å². The Hall–Kier alpha value is -2.29. The van der Waals surface area contributed by atoms with E-state index in [2.05, 4.69) is 32.6 Å². The van der Waals surface area contributed by atoms with Gasteiger partial charge in [0.15, 0.2) is 5.75 Å². The monoisotopic (exact) mass is 311 g/mol. The lowest BCUT2D eigenvalue weighted by molar-refractivity contribution is 0.0733. The van der Waals surface area contributed by atoms with Crippen LogP contribution in [0.3, 0.4) is 0 Å². The maximum absolute atomic E-state index is 12.7. The highest BCUT2D eigenvalue weighted by molar-refractivity contribution is 5.93. The Morgan fingerprint density at radius 3 is 2.26 bits per heavy atom. The Labute approximate surface area is 138 Å². The van der Waals surface area contributed by atoms with Crippen LogP contribution < -0.4 is 9.64 Å². The van der Waals surface area contributed by atoms with Crippen LogP contribution in [0.25, 0.3) is 0 Å². The summed E-state index contributed by atoms with van der Waals surface area (Å²) in [5.41, 5.74) is 2.60. The first-order valence-electron chi connectivity index (χ1n) is 8.23. The number of nitrogens with zero attached hydrogens (tertiary/aromatic N) is 1. The number of hydrogen-bond acceptors (Lipinski definition) is 3. The van der Waals surface area contributed by atoms with Gasteiger partial charge in [0.25, 0.3) is 0 Å². The first-order chi connectivity index (χ1) is 11.1. The van der Waals surface area contributed by atoms with Gasteiger partial charge in [-0.2, -0.15) is 0 Å². The number of carbonyl (C=O) groups is 1. The number of para-hydroxylation sites is 2. The molecule has 0 aliphatic heterocycles. The molecule has 3 nitrogen and oxygen atoms in total. The predicted molar refractivity (Wildman–Crippen MR) is 95.5 cm³/mol. The number of hydrogen-bond donors (Lipinski definition) is 0. The quantitative estimate of drug-likeness (QED) is 0.563. The Balaban J connectivity index is 2.32. The second-order valence-corrected chi connectivity index (χ2v) is 5.77. The number of benzene rings is 2. The van der Waals surface area contributed by atoms with Crippen molar-refractivity contribution in [1.29, 1.82) is 0 Å². The minimum Gasteiger partial charge on any atom is -0.421 e. The minimum absolute atomic E-state index is 0.275. The van der Waals surface area contributed by atoms with Crippen LogP contribution in [-0.2, 0) is 0 Å². The minimum atomic E-state index is -0.297. The molecule has 0 fully saturated rings. The van der Waals surface area contributed by atoms with Crippen LogP contribution >= 0.6 is 0 Å². The van der Waals surface area contributed by atoms with Crippen molar-refractivity contribution in [2.75, 3.05) is 18.0 Å². The van der Waals surface area contributed by atoms with E-state index >= 15 is 0 Å². The van der Waals surface area contributed by atoms with Crippen molar-refractivity contribution in [3.8, 4) is 5.75 Å². The molecule has 2 rings (SSSR count). The third-order valence-corrected chi connectivity index (χ3v) is 3.97. The largest absolute Gasteiger partial charge is 0.421 e. The molecule has 0 saturated heterocycles. The van der Waals surface area contributed by atoms with Gasteiger partial charge in [-0.05, 0) is 43.5 Å². The predicted octanol–water partition coefficient (Wildman–Crippen LogP) is 4.88. The molecule has 122 valence electrons. The summed E-state index contributed by atoms with van der Waals surface area (Å²) in [6.45, 7) is 10.1. The normalized spacial score (nSPS) is 10.7. The van der Waals surface area contributed by atoms with E-state index in [0.717, 1.165) is 24.3 Å². The molecule has 0 aliphatic carbocycles. The zero-order valence-electron chi connectivity index (χ0n) is 14.4. The molecule has 0 saturated carbocycles. The van der Waals surface area contributed by atoms with Gasteiger partial charge in [-0.25, -0.2) is 4.79 Å². The van der Waals surface area contributed by atoms with Crippen molar-refractivity contribution in [2.45, 2.75) is 33.6 Å². The van der Waals surface area contributed by atoms with E-state index < -0.39 is 0 Å². The van der Waals surface area contributed by atoms with Crippen LogP contribution in [0, 0.1) is 0 Å². The van der Waals surface area contributed by atoms with Crippen LogP contribution in [0.1, 0.15) is 49.5 Å². The van der Waals surface area contributed by atoms with Gasteiger partial charge in [0, 0.05) is 13.1 Å². The van der Waals surface area contributed by atoms with Gasteiger partial charge in [0.2, 0.25) is 0 Å². The first-order valence-corrected chi connectivity index (χ1v) is 8.23. The molecule has 2 aromatic carbocycles. The molecular formula is C20H25NO2. The van der Waals surface area contributed by atoms with Crippen LogP contribution in [0.4, 0.5) is 5.69 Å². The Morgan fingerprint density at radius 1 is 1.00 bits per heavy atom. The van der Waals surface area contributed by atoms with Gasteiger partial charge in [-0.15, -0.1) is 0 Å². The summed E-state index contributed by atoms with van der Waals surface area (Å²) in [6.07, 6.45) is 0. The van der Waals surface area contributed by atoms with E-state index in [1.807, 2.05) is 48.5 Å². The van der Waals surface area contributed by atoms with Gasteiger partial charge in [0.05, 0.1) is 11.3 Å². The number of rotatable bonds is 6. The molecule has 23 heavy (non-hydrogen) atoms. The van der Waals surface area contributed by atoms with Crippen molar-refractivity contribution in [3.05, 3.63) is 59.7 Å². The molecule has 0 radical (unpaired) electrons. The van der Waals surface area contributed by atoms with E-state index in [4.69, 9.17) is 4.74 Å². The lowest BCUT2D eigenvalue weighted by atomic mass is 9.97. The van der Waals surface area contributed by atoms with Crippen molar-refractivity contribution in [2.24, 2.45) is 0 Å². The Morgan fingerprint density at radius 2 is 1.61 bits per heavy atom. The average Bonchev–Trinajstić information content (AvgIpc) is 2.57. The molecule has 0 N–H and O–H groups in total. The zero-order chi connectivity index (χ0) is 16.8. The maximum atomic E-state index is 12.7. The van der Waals surface area contributed by atoms with Crippen molar-refractivity contribution in [3.63, 3.8) is 0 Å². The molecular weight excluding hydrogens is 286 g/mol. The molecule has 0 bridgehead atoms. The van der Waals surface area contributed by atoms with Gasteiger partial charge in [0.1, 0.15) is 0 Å². The van der Waals surface area contributed by atoms with E-state index in [0.29, 0.717) is 11.3 Å². The van der Waals surface area contributed by atoms with Crippen LogP contribution in [0.5, 0.6) is 5.75 Å². The van der Waals surface area contributed by atoms with E-state index in [9.17, 15) is 4.79 Å². The standard InChI is InChI=1S/C20H25NO2/c1-5-21(6-2)18-13-9-10-14-19(18)23-20(22)17-12-8-7-11-16(17)15(3)4/h7-15H,5-6H2,1-4H3. The summed E-state index contributed by atoms with van der Waals surface area (Å²) >= 11 is 0. The van der Waals surface area contributed by atoms with Crippen molar-refractivity contribution >= 4 is 11.7 Å². The maximum Gasteiger partial charge on any atom is 0.343 e. The fraction of sp³-hybridized carbons (Fsp3) is 0.350. The average molecular weight is 311 g/mol. The van der Waals surface area contributed by atoms with Crippen molar-refractivity contribution < 1.29 is 9.53 Å². The molecule has 0 spiro atoms. The summed E-state index contributed by atoms with van der Waals surface area (Å²) in [5.74, 6) is 0.588. The Kier molecular flexibility index (Phi) is 5.80. The molecule has 3 heteroatoms. The molecule has 0 aromatic heterocycles. The summed E-state index contributed by atoms with van der Waals surface area (Å²) in [4.78, 5) is 14.8. The molecule has 0 unspecified atom stereocenters. The second-order valence-electron chi connectivity index (χ2n) is 5.77. The smallest absolute Gasteiger partial charge is 0.343 e. The van der Waals surface area contributed by atoms with Crippen molar-refractivity contribution in [1.82, 2.24) is 0 Å². The first kappa shape index (κ1) is 17.1. The summed E-state index contributed by atoms with van der Waals surface area (Å²) < 4.78 is 5.73. The van der Waals surface area contributed by atoms with Gasteiger partial charge >= 0.3 is 5.97 Å². The summed E-state index contributed by atoms with van der Waals surface area (Å²) in [6, 6.07) is 15.3. The fourth-order valence-corrected chi connectivity index (χ4v) is 2.71. The molecule has 0 aliphatic rings. The second kappa shape index (κ2) is 7.82. The van der Waals surface area contributed by atoms with Crippen LogP contribution in [-0.4, -0.2) is 19.1 Å². The van der Waals surface area contributed by atoms with Gasteiger partial charge in [-0.3, -0.25) is 0 Å². The number of ether oxygens (including phenoxy) is 1. The molecule has 0 heterocycles. The number of carbonyl (C=O) groups excluding carboxylic acids is 1. The van der Waals surface area contributed by atoms with Crippen LogP contribution in [0.2, 0.25) is 0 Å². The molecule has 0 amide bonds. The number of anilines is 1. The van der Waals surface area contributed by atoms with Gasteiger partial charge < -0.3 is 9.64 Å². The lowest BCUT2D eigenvalue weighted by Crippen LogP contribution is -2.23. The zero-order valence-corrected chi connectivity index (χ0v) is 14.4. The SMILES string of the molecule is CCN(CC)c1ccccc1OC(=O)c1ccccc1C(C)C. The summed E-state index contributed by atoms with van der Waals surface area (Å²) in [7, 11) is 0.